The number of nitrogens with two attached hydrogens (primary N) is 1. The van der Waals surface area contributed by atoms with Crippen LogP contribution in [0.25, 0.3) is 0 Å². The maximum atomic E-state index is 9.88. The quantitative estimate of drug-likeness (QED) is 0.248. The van der Waals surface area contributed by atoms with E-state index in [0.29, 0.717) is 0 Å². The van der Waals surface area contributed by atoms with Gasteiger partial charge in [-0.25, -0.2) is 0 Å². The molecule has 0 heterocycles. The summed E-state index contributed by atoms with van der Waals surface area (Å²) in [6.07, 6.45) is 0. The Balaban J connectivity index is 0. The van der Waals surface area contributed by atoms with E-state index < -0.39 is 5.72 Å². The van der Waals surface area contributed by atoms with Crippen LogP contribution in [-0.2, 0) is 0 Å². The predicted octanol–water partition coefficient (Wildman–Crippen LogP) is -3.95. The maximum absolute atomic E-state index is 9.88. The zero-order valence-corrected chi connectivity index (χ0v) is 6.49. The summed E-state index contributed by atoms with van der Waals surface area (Å²) in [5.41, 5.74) is 3.55. The van der Waals surface area contributed by atoms with Crippen LogP contribution in [0.4, 0.5) is 0 Å². The minimum atomic E-state index is -1.25. The predicted molar refractivity (Wildman–Crippen MR) is 18.3 cm³/mol. The Morgan fingerprint density at radius 3 is 1.50 bits per heavy atom. The molecule has 3 heteroatoms. The molecule has 0 saturated heterocycles. The van der Waals surface area contributed by atoms with Crippen LogP contribution in [0.1, 0.15) is 13.8 Å². The Morgan fingerprint density at radius 1 is 1.50 bits per heavy atom. The van der Waals surface area contributed by atoms with Crippen molar-refractivity contribution in [1.29, 1.82) is 0 Å². The van der Waals surface area contributed by atoms with Crippen molar-refractivity contribution in [3.05, 3.63) is 0 Å². The third kappa shape index (κ3) is 89.3. The fraction of sp³-hybridized carbons (Fsp3) is 1.00. The average Bonchev–Trinajstić information content (AvgIpc) is 0.722. The molecular weight excluding hydrogens is 89.0 g/mol. The Bertz CT molecular complexity index is 26.3. The fourth-order valence-electron chi connectivity index (χ4n) is 0. The minimum Gasteiger partial charge on any atom is -0.839 e. The van der Waals surface area contributed by atoms with E-state index in [0.717, 1.165) is 0 Å². The molecule has 0 aliphatic heterocycles. The van der Waals surface area contributed by atoms with Gasteiger partial charge in [-0.15, -0.1) is 0 Å². The number of rotatable bonds is 0. The Morgan fingerprint density at radius 2 is 1.50 bits per heavy atom. The average molecular weight is 97.1 g/mol. The Kier molecular flexibility index (Phi) is 5.00. The van der Waals surface area contributed by atoms with Crippen LogP contribution in [0.2, 0.25) is 0 Å². The summed E-state index contributed by atoms with van der Waals surface area (Å²) in [6, 6.07) is 0. The van der Waals surface area contributed by atoms with Crippen molar-refractivity contribution in [3.63, 3.8) is 0 Å². The van der Waals surface area contributed by atoms with Crippen molar-refractivity contribution in [2.75, 3.05) is 0 Å². The maximum Gasteiger partial charge on any atom is 1.00 e. The van der Waals surface area contributed by atoms with E-state index in [1.807, 2.05) is 0 Å². The van der Waals surface area contributed by atoms with Gasteiger partial charge in [0, 0.05) is 0 Å². The first-order valence-electron chi connectivity index (χ1n) is 1.49. The zero-order chi connectivity index (χ0) is 4.50. The van der Waals surface area contributed by atoms with E-state index in [1.165, 1.54) is 13.8 Å². The van der Waals surface area contributed by atoms with E-state index in [1.54, 1.807) is 0 Å². The summed E-state index contributed by atoms with van der Waals surface area (Å²) >= 11 is 0. The van der Waals surface area contributed by atoms with Crippen molar-refractivity contribution < 1.29 is 34.7 Å². The van der Waals surface area contributed by atoms with E-state index >= 15 is 0 Å². The summed E-state index contributed by atoms with van der Waals surface area (Å²) in [7, 11) is 0. The van der Waals surface area contributed by atoms with Gasteiger partial charge in [-0.1, -0.05) is 19.6 Å². The van der Waals surface area contributed by atoms with Crippen molar-refractivity contribution in [2.45, 2.75) is 19.6 Å². The summed E-state index contributed by atoms with van der Waals surface area (Å²) < 4.78 is 0. The van der Waals surface area contributed by atoms with Gasteiger partial charge < -0.3 is 10.8 Å². The molecule has 0 bridgehead atoms. The third-order valence-electron chi connectivity index (χ3n) is 0. The Labute approximate surface area is 60.0 Å². The van der Waals surface area contributed by atoms with Crippen LogP contribution >= 0.6 is 0 Å². The molecule has 32 valence electrons. The van der Waals surface area contributed by atoms with E-state index in [4.69, 9.17) is 5.73 Å². The van der Waals surface area contributed by atoms with Gasteiger partial charge in [0.15, 0.2) is 0 Å². The van der Waals surface area contributed by atoms with Crippen LogP contribution < -0.4 is 40.4 Å². The molecule has 0 aliphatic carbocycles. The third-order valence-corrected chi connectivity index (χ3v) is 0. The molecule has 2 N–H and O–H groups in total. The summed E-state index contributed by atoms with van der Waals surface area (Å²) in [6.45, 7) is 2.82. The molecule has 0 fully saturated rings. The van der Waals surface area contributed by atoms with Crippen molar-refractivity contribution >= 4 is 0 Å². The number of hydrogen-bond donors (Lipinski definition) is 1. The molecule has 0 saturated carbocycles. The van der Waals surface area contributed by atoms with Gasteiger partial charge in [-0.05, 0) is 0 Å². The second-order valence-electron chi connectivity index (χ2n) is 1.60. The van der Waals surface area contributed by atoms with Crippen molar-refractivity contribution in [1.82, 2.24) is 0 Å². The Hall–Kier alpha value is 0.920. The van der Waals surface area contributed by atoms with Crippen molar-refractivity contribution in [2.24, 2.45) is 5.73 Å². The van der Waals surface area contributed by atoms with E-state index in [2.05, 4.69) is 0 Å². The monoisotopic (exact) mass is 97.1 g/mol. The summed E-state index contributed by atoms with van der Waals surface area (Å²) in [5.74, 6) is 0. The van der Waals surface area contributed by atoms with E-state index in [-0.39, 0.29) is 29.6 Å². The van der Waals surface area contributed by atoms with Crippen LogP contribution in [0, 0.1) is 0 Å². The molecule has 0 aromatic heterocycles. The SMILES string of the molecule is CC(C)(N)[O-].[Na+]. The first-order chi connectivity index (χ1) is 2.00. The minimum absolute atomic E-state index is 0. The fourth-order valence-corrected chi connectivity index (χ4v) is 0. The van der Waals surface area contributed by atoms with Crippen LogP contribution in [0.3, 0.4) is 0 Å². The normalized spacial score (nSPS) is 10.0. The molecule has 0 aliphatic rings. The van der Waals surface area contributed by atoms with Gasteiger partial charge in [-0.3, -0.25) is 0 Å². The molecule has 0 radical (unpaired) electrons. The van der Waals surface area contributed by atoms with Gasteiger partial charge in [0.05, 0.1) is 0 Å². The molecule has 0 atom stereocenters. The zero-order valence-electron chi connectivity index (χ0n) is 4.49. The molecule has 0 aromatic rings. The molecule has 6 heavy (non-hydrogen) atoms. The van der Waals surface area contributed by atoms with Crippen LogP contribution in [0.15, 0.2) is 0 Å². The standard InChI is InChI=1S/C3H8NO.Na/c1-3(2,4)5;/h4H2,1-2H3;/q-1;+1. The second kappa shape index (κ2) is 2.99. The van der Waals surface area contributed by atoms with Crippen LogP contribution in [-0.4, -0.2) is 5.72 Å². The second-order valence-corrected chi connectivity index (χ2v) is 1.60. The smallest absolute Gasteiger partial charge is 0.839 e. The largest absolute Gasteiger partial charge is 1.00 e. The number of hydrogen-bond acceptors (Lipinski definition) is 2. The van der Waals surface area contributed by atoms with Gasteiger partial charge in [-0.2, -0.15) is 0 Å². The molecule has 0 aromatic carbocycles. The first kappa shape index (κ1) is 10.0. The summed E-state index contributed by atoms with van der Waals surface area (Å²) in [5, 5.41) is 9.88. The van der Waals surface area contributed by atoms with Crippen molar-refractivity contribution in [3.8, 4) is 0 Å². The topological polar surface area (TPSA) is 49.1 Å². The summed E-state index contributed by atoms with van der Waals surface area (Å²) in [4.78, 5) is 0. The first-order valence-corrected chi connectivity index (χ1v) is 1.49. The molecule has 0 amide bonds. The molecule has 0 unspecified atom stereocenters. The van der Waals surface area contributed by atoms with Gasteiger partial charge in [0.1, 0.15) is 0 Å². The molecule has 0 rings (SSSR count). The molecule has 2 nitrogen and oxygen atoms in total. The van der Waals surface area contributed by atoms with Gasteiger partial charge >= 0.3 is 29.6 Å². The van der Waals surface area contributed by atoms with E-state index in [9.17, 15) is 5.11 Å². The van der Waals surface area contributed by atoms with Gasteiger partial charge in [0.25, 0.3) is 0 Å². The molecule has 0 spiro atoms. The van der Waals surface area contributed by atoms with Crippen LogP contribution in [0.5, 0.6) is 0 Å². The van der Waals surface area contributed by atoms with Gasteiger partial charge in [0.2, 0.25) is 0 Å². The molecular formula is C3H8NNaO.